The molecule has 12 nitrogen and oxygen atoms in total. The molecule has 0 radical (unpaired) electrons. The number of nitrogens with zero attached hydrogens (tertiary/aromatic N) is 5. The van der Waals surface area contributed by atoms with E-state index in [1.807, 2.05) is 4.57 Å². The Kier molecular flexibility index (Phi) is 8.45. The normalized spacial score (nSPS) is 15.4. The average Bonchev–Trinajstić information content (AvgIpc) is 3.19. The van der Waals surface area contributed by atoms with Crippen LogP contribution in [-0.4, -0.2) is 71.4 Å². The summed E-state index contributed by atoms with van der Waals surface area (Å²) in [4.78, 5) is 40.6. The number of benzene rings is 1. The van der Waals surface area contributed by atoms with Crippen molar-refractivity contribution < 1.29 is 24.5 Å². The van der Waals surface area contributed by atoms with Crippen molar-refractivity contribution in [2.75, 3.05) is 18.8 Å². The summed E-state index contributed by atoms with van der Waals surface area (Å²) in [6.45, 7) is 8.65. The number of anilines is 1. The number of halogens is 1. The molecule has 39 heavy (non-hydrogen) atoms. The molecule has 2 amide bonds. The molecular weight excluding hydrogens is 590 g/mol. The van der Waals surface area contributed by atoms with Gasteiger partial charge in [0.05, 0.1) is 0 Å². The van der Waals surface area contributed by atoms with Crippen LogP contribution in [-0.2, 0) is 16.1 Å². The van der Waals surface area contributed by atoms with E-state index in [2.05, 4.69) is 36.2 Å². The monoisotopic (exact) mass is 621 g/mol. The van der Waals surface area contributed by atoms with Crippen molar-refractivity contribution in [3.63, 3.8) is 0 Å². The van der Waals surface area contributed by atoms with Crippen molar-refractivity contribution in [1.82, 2.24) is 29.7 Å². The lowest BCUT2D eigenvalue weighted by Crippen LogP contribution is -2.50. The minimum atomic E-state index is -0.697. The van der Waals surface area contributed by atoms with Gasteiger partial charge in [-0.2, -0.15) is 0 Å². The zero-order chi connectivity index (χ0) is 28.5. The van der Waals surface area contributed by atoms with Crippen LogP contribution >= 0.6 is 27.7 Å². The molecule has 4 rings (SSSR count). The molecule has 14 heteroatoms. The summed E-state index contributed by atoms with van der Waals surface area (Å²) in [7, 11) is 0. The van der Waals surface area contributed by atoms with Crippen molar-refractivity contribution in [3.05, 3.63) is 22.9 Å². The lowest BCUT2D eigenvalue weighted by molar-refractivity contribution is -0.134. The van der Waals surface area contributed by atoms with Gasteiger partial charge >= 0.3 is 6.09 Å². The first-order valence-corrected chi connectivity index (χ1v) is 14.1. The number of carbonyl (C=O) groups excluding carboxylic acids is 2. The Labute approximate surface area is 238 Å². The number of phenols is 2. The third-order valence-corrected chi connectivity index (χ3v) is 8.20. The topological polar surface area (TPSA) is 169 Å². The summed E-state index contributed by atoms with van der Waals surface area (Å²) < 4.78 is 7.83. The first-order valence-electron chi connectivity index (χ1n) is 12.5. The van der Waals surface area contributed by atoms with Crippen molar-refractivity contribution in [2.24, 2.45) is 5.92 Å². The van der Waals surface area contributed by atoms with E-state index in [9.17, 15) is 19.8 Å². The standard InChI is InChI=1S/C25H32BrN7O5S/c1-13(30-24(37)38-25(2,3)4)22(36)32-7-5-14(6-8-32)11-33-21-19(20(27)28-12-29-21)31-23(33)39-18-10-17(35)16(34)9-15(18)26/h9-10,12-14,34-35H,5-8,11H2,1-4H3,(H,30,37)(H2,27,28,29)/t13-/m0/s1. The molecule has 1 aliphatic rings. The Morgan fingerprint density at radius 2 is 1.90 bits per heavy atom. The number of rotatable bonds is 6. The Hall–Kier alpha value is -3.26. The van der Waals surface area contributed by atoms with Gasteiger partial charge in [0.1, 0.15) is 18.0 Å². The molecule has 210 valence electrons. The molecule has 1 atom stereocenters. The van der Waals surface area contributed by atoms with Crippen molar-refractivity contribution >= 4 is 56.7 Å². The molecule has 0 aliphatic carbocycles. The number of aromatic hydroxyl groups is 2. The Morgan fingerprint density at radius 3 is 2.56 bits per heavy atom. The van der Waals surface area contributed by atoms with Gasteiger partial charge < -0.3 is 35.5 Å². The summed E-state index contributed by atoms with van der Waals surface area (Å²) in [5.74, 6) is -0.129. The molecule has 2 aromatic heterocycles. The van der Waals surface area contributed by atoms with Crippen LogP contribution in [0.1, 0.15) is 40.5 Å². The van der Waals surface area contributed by atoms with Crippen molar-refractivity contribution in [1.29, 1.82) is 0 Å². The van der Waals surface area contributed by atoms with E-state index >= 15 is 0 Å². The fraction of sp³-hybridized carbons (Fsp3) is 0.480. The molecule has 1 saturated heterocycles. The van der Waals surface area contributed by atoms with Gasteiger partial charge in [-0.1, -0.05) is 11.8 Å². The maximum atomic E-state index is 12.9. The third-order valence-electron chi connectivity index (χ3n) is 6.23. The number of hydrogen-bond donors (Lipinski definition) is 4. The van der Waals surface area contributed by atoms with Crippen LogP contribution in [0.15, 0.2) is 33.0 Å². The largest absolute Gasteiger partial charge is 0.504 e. The van der Waals surface area contributed by atoms with Crippen LogP contribution in [0.4, 0.5) is 10.6 Å². The molecule has 1 aromatic carbocycles. The summed E-state index contributed by atoms with van der Waals surface area (Å²) >= 11 is 4.73. The Balaban J connectivity index is 1.46. The summed E-state index contributed by atoms with van der Waals surface area (Å²) in [6, 6.07) is 2.18. The molecule has 5 N–H and O–H groups in total. The number of amides is 2. The number of fused-ring (bicyclic) bond motifs is 1. The zero-order valence-electron chi connectivity index (χ0n) is 22.1. The number of piperidine rings is 1. The van der Waals surface area contributed by atoms with E-state index in [0.29, 0.717) is 45.3 Å². The molecule has 3 heterocycles. The van der Waals surface area contributed by atoms with E-state index in [1.54, 1.807) is 32.6 Å². The van der Waals surface area contributed by atoms with E-state index in [0.717, 1.165) is 12.8 Å². The second-order valence-corrected chi connectivity index (χ2v) is 12.3. The van der Waals surface area contributed by atoms with Crippen LogP contribution in [0.25, 0.3) is 11.2 Å². The number of likely N-dealkylation sites (tertiary alicyclic amines) is 1. The number of ether oxygens (including phenoxy) is 1. The van der Waals surface area contributed by atoms with Crippen molar-refractivity contribution in [3.8, 4) is 11.5 Å². The number of imidazole rings is 1. The number of phenolic OH excluding ortho intramolecular Hbond substituents is 2. The number of hydrogen-bond acceptors (Lipinski definition) is 10. The number of nitrogens with two attached hydrogens (primary N) is 1. The molecule has 1 aliphatic heterocycles. The fourth-order valence-corrected chi connectivity index (χ4v) is 5.81. The molecule has 0 saturated carbocycles. The first kappa shape index (κ1) is 28.7. The van der Waals surface area contributed by atoms with Gasteiger partial charge in [0, 0.05) is 29.0 Å². The van der Waals surface area contributed by atoms with Crippen LogP contribution in [0, 0.1) is 5.92 Å². The predicted octanol–water partition coefficient (Wildman–Crippen LogP) is 3.89. The van der Waals surface area contributed by atoms with Crippen LogP contribution < -0.4 is 11.1 Å². The zero-order valence-corrected chi connectivity index (χ0v) is 24.5. The number of carbonyl (C=O) groups is 2. The minimum Gasteiger partial charge on any atom is -0.504 e. The number of aromatic nitrogens is 4. The van der Waals surface area contributed by atoms with Gasteiger partial charge in [0.25, 0.3) is 0 Å². The van der Waals surface area contributed by atoms with E-state index in [4.69, 9.17) is 10.5 Å². The van der Waals surface area contributed by atoms with Gasteiger partial charge in [-0.05, 0) is 74.5 Å². The highest BCUT2D eigenvalue weighted by molar-refractivity contribution is 9.10. The highest BCUT2D eigenvalue weighted by atomic mass is 79.9. The van der Waals surface area contributed by atoms with Gasteiger partial charge in [0.2, 0.25) is 5.91 Å². The number of nitrogen functional groups attached to an aromatic ring is 1. The van der Waals surface area contributed by atoms with Crippen LogP contribution in [0.2, 0.25) is 0 Å². The second kappa shape index (κ2) is 11.5. The van der Waals surface area contributed by atoms with Gasteiger partial charge in [-0.25, -0.2) is 19.7 Å². The second-order valence-electron chi connectivity index (χ2n) is 10.4. The Bertz CT molecular complexity index is 1390. The lowest BCUT2D eigenvalue weighted by atomic mass is 9.96. The van der Waals surface area contributed by atoms with E-state index in [-0.39, 0.29) is 29.1 Å². The summed E-state index contributed by atoms with van der Waals surface area (Å²) in [5, 5.41) is 23.0. The number of alkyl carbamates (subject to hydrolysis) is 1. The average molecular weight is 623 g/mol. The van der Waals surface area contributed by atoms with Crippen molar-refractivity contribution in [2.45, 2.75) is 68.8 Å². The van der Waals surface area contributed by atoms with E-state index < -0.39 is 17.7 Å². The molecule has 1 fully saturated rings. The SMILES string of the molecule is C[C@H](NC(=O)OC(C)(C)C)C(=O)N1CCC(Cn2c(Sc3cc(O)c(O)cc3Br)nc3c(N)ncnc32)CC1. The van der Waals surface area contributed by atoms with Crippen LogP contribution in [0.3, 0.4) is 0 Å². The molecule has 3 aromatic rings. The fourth-order valence-electron chi connectivity index (χ4n) is 4.30. The lowest BCUT2D eigenvalue weighted by Gasteiger charge is -2.34. The molecular formula is C25H32BrN7O5S. The smallest absolute Gasteiger partial charge is 0.408 e. The van der Waals surface area contributed by atoms with Gasteiger partial charge in [-0.15, -0.1) is 0 Å². The summed E-state index contributed by atoms with van der Waals surface area (Å²) in [6.07, 6.45) is 2.27. The molecule has 0 bridgehead atoms. The maximum absolute atomic E-state index is 12.9. The summed E-state index contributed by atoms with van der Waals surface area (Å²) in [5.41, 5.74) is 6.52. The van der Waals surface area contributed by atoms with Crippen LogP contribution in [0.5, 0.6) is 11.5 Å². The van der Waals surface area contributed by atoms with Gasteiger partial charge in [-0.3, -0.25) is 4.79 Å². The highest BCUT2D eigenvalue weighted by Crippen LogP contribution is 2.41. The maximum Gasteiger partial charge on any atom is 0.408 e. The third kappa shape index (κ3) is 6.85. The van der Waals surface area contributed by atoms with Gasteiger partial charge in [0.15, 0.2) is 33.6 Å². The predicted molar refractivity (Wildman–Crippen MR) is 149 cm³/mol. The highest BCUT2D eigenvalue weighted by Gasteiger charge is 2.29. The first-order chi connectivity index (χ1) is 18.3. The van der Waals surface area contributed by atoms with E-state index in [1.165, 1.54) is 30.2 Å². The molecule has 0 unspecified atom stereocenters. The number of nitrogens with one attached hydrogen (secondary N) is 1. The quantitative estimate of drug-likeness (QED) is 0.296. The minimum absolute atomic E-state index is 0.152. The Morgan fingerprint density at radius 1 is 1.23 bits per heavy atom. The molecule has 0 spiro atoms.